The molecule has 0 fully saturated rings. The summed E-state index contributed by atoms with van der Waals surface area (Å²) in [6.07, 6.45) is 1.68. The molecule has 1 aromatic heterocycles. The number of rotatable bonds is 10. The van der Waals surface area contributed by atoms with Gasteiger partial charge in [0, 0.05) is 31.5 Å². The number of aromatic nitrogens is 2. The molecular weight excluding hydrogens is 436 g/mol. The number of carbonyl (C=O) groups is 1. The number of carbonyl (C=O) groups excluding carboxylic acids is 1. The normalized spacial score (nSPS) is 11.1. The van der Waals surface area contributed by atoms with Gasteiger partial charge in [0.15, 0.2) is 0 Å². The third-order valence-corrected chi connectivity index (χ3v) is 5.91. The van der Waals surface area contributed by atoms with Crippen molar-refractivity contribution in [1.29, 1.82) is 0 Å². The number of aryl methyl sites for hydroxylation is 2. The van der Waals surface area contributed by atoms with E-state index >= 15 is 0 Å². The van der Waals surface area contributed by atoms with Gasteiger partial charge in [-0.2, -0.15) is 4.98 Å². The number of hydrogen-bond donors (Lipinski definition) is 1. The fourth-order valence-corrected chi connectivity index (χ4v) is 3.98. The van der Waals surface area contributed by atoms with Crippen molar-refractivity contribution >= 4 is 5.91 Å². The molecular formula is C29H32N4O2. The van der Waals surface area contributed by atoms with Crippen LogP contribution in [-0.4, -0.2) is 35.0 Å². The summed E-state index contributed by atoms with van der Waals surface area (Å²) in [5, 5.41) is 7.09. The Labute approximate surface area is 207 Å². The van der Waals surface area contributed by atoms with Crippen LogP contribution in [0.1, 0.15) is 35.9 Å². The van der Waals surface area contributed by atoms with Gasteiger partial charge in [0.2, 0.25) is 17.6 Å². The second-order valence-corrected chi connectivity index (χ2v) is 8.93. The summed E-state index contributed by atoms with van der Waals surface area (Å²) in [6.45, 7) is 3.49. The van der Waals surface area contributed by atoms with E-state index < -0.39 is 0 Å². The van der Waals surface area contributed by atoms with E-state index in [1.807, 2.05) is 24.3 Å². The highest BCUT2D eigenvalue weighted by molar-refractivity contribution is 5.76. The number of nitrogens with zero attached hydrogens (tertiary/aromatic N) is 3. The summed E-state index contributed by atoms with van der Waals surface area (Å²) < 4.78 is 5.36. The molecule has 4 aromatic rings. The van der Waals surface area contributed by atoms with Gasteiger partial charge in [0.1, 0.15) is 0 Å². The van der Waals surface area contributed by atoms with Crippen molar-refractivity contribution < 1.29 is 9.32 Å². The molecule has 0 bridgehead atoms. The molecule has 0 atom stereocenters. The van der Waals surface area contributed by atoms with E-state index in [1.165, 1.54) is 11.1 Å². The second kappa shape index (κ2) is 11.6. The molecule has 1 amide bonds. The van der Waals surface area contributed by atoms with Gasteiger partial charge in [-0.3, -0.25) is 4.79 Å². The summed E-state index contributed by atoms with van der Waals surface area (Å²) in [6, 6.07) is 24.9. The van der Waals surface area contributed by atoms with Crippen LogP contribution < -0.4 is 5.32 Å². The maximum absolute atomic E-state index is 12.5. The van der Waals surface area contributed by atoms with E-state index in [9.17, 15) is 4.79 Å². The maximum Gasteiger partial charge on any atom is 0.227 e. The zero-order valence-corrected chi connectivity index (χ0v) is 20.6. The first kappa shape index (κ1) is 24.4. The summed E-state index contributed by atoms with van der Waals surface area (Å²) >= 11 is 0. The molecule has 0 spiro atoms. The van der Waals surface area contributed by atoms with Gasteiger partial charge in [-0.15, -0.1) is 0 Å². The highest BCUT2D eigenvalue weighted by Crippen LogP contribution is 2.24. The van der Waals surface area contributed by atoms with E-state index in [4.69, 9.17) is 4.52 Å². The van der Waals surface area contributed by atoms with Crippen molar-refractivity contribution in [2.75, 3.05) is 14.1 Å². The number of benzene rings is 3. The zero-order chi connectivity index (χ0) is 24.6. The van der Waals surface area contributed by atoms with E-state index in [1.54, 1.807) is 0 Å². The molecule has 180 valence electrons. The highest BCUT2D eigenvalue weighted by atomic mass is 16.5. The standard InChI is InChI=1S/C29H32N4O2/c1-4-21-9-15-24(16-10-21)29-31-28(35-32-29)18-17-27(34)30-19-25-7-5-6-8-26(25)23-13-11-22(12-14-23)20-33(2)3/h5-16H,4,17-20H2,1-3H3,(H,30,34). The summed E-state index contributed by atoms with van der Waals surface area (Å²) in [5.41, 5.74) is 6.79. The van der Waals surface area contributed by atoms with Gasteiger partial charge in [0.25, 0.3) is 0 Å². The van der Waals surface area contributed by atoms with Crippen LogP contribution in [0.2, 0.25) is 0 Å². The fraction of sp³-hybridized carbons (Fsp3) is 0.276. The average Bonchev–Trinajstić information content (AvgIpc) is 3.36. The summed E-state index contributed by atoms with van der Waals surface area (Å²) in [7, 11) is 4.13. The van der Waals surface area contributed by atoms with Gasteiger partial charge >= 0.3 is 0 Å². The van der Waals surface area contributed by atoms with Gasteiger partial charge < -0.3 is 14.7 Å². The maximum atomic E-state index is 12.5. The van der Waals surface area contributed by atoms with Gasteiger partial charge in [-0.05, 0) is 48.3 Å². The van der Waals surface area contributed by atoms with Crippen molar-refractivity contribution in [3.8, 4) is 22.5 Å². The third-order valence-electron chi connectivity index (χ3n) is 5.91. The first-order chi connectivity index (χ1) is 17.0. The summed E-state index contributed by atoms with van der Waals surface area (Å²) in [4.78, 5) is 19.1. The number of hydrogen-bond acceptors (Lipinski definition) is 5. The van der Waals surface area contributed by atoms with Crippen LogP contribution in [-0.2, 0) is 30.7 Å². The van der Waals surface area contributed by atoms with Gasteiger partial charge in [-0.25, -0.2) is 0 Å². The highest BCUT2D eigenvalue weighted by Gasteiger charge is 2.12. The van der Waals surface area contributed by atoms with Crippen molar-refractivity contribution in [2.45, 2.75) is 39.3 Å². The average molecular weight is 469 g/mol. The number of amides is 1. The lowest BCUT2D eigenvalue weighted by atomic mass is 9.98. The zero-order valence-electron chi connectivity index (χ0n) is 20.6. The monoisotopic (exact) mass is 468 g/mol. The molecule has 0 aliphatic rings. The van der Waals surface area contributed by atoms with Crippen molar-refractivity contribution in [2.24, 2.45) is 0 Å². The van der Waals surface area contributed by atoms with Crippen molar-refractivity contribution in [1.82, 2.24) is 20.4 Å². The lowest BCUT2D eigenvalue weighted by Gasteiger charge is -2.13. The molecule has 0 aliphatic heterocycles. The largest absolute Gasteiger partial charge is 0.352 e. The first-order valence-electron chi connectivity index (χ1n) is 12.0. The minimum absolute atomic E-state index is 0.0480. The minimum atomic E-state index is -0.0480. The Kier molecular flexibility index (Phi) is 8.06. The topological polar surface area (TPSA) is 71.3 Å². The van der Waals surface area contributed by atoms with Crippen LogP contribution in [0.25, 0.3) is 22.5 Å². The molecule has 6 heteroatoms. The molecule has 0 saturated carbocycles. The predicted octanol–water partition coefficient (Wildman–Crippen LogP) is 5.28. The molecule has 0 saturated heterocycles. The first-order valence-corrected chi connectivity index (χ1v) is 12.0. The van der Waals surface area contributed by atoms with E-state index in [0.717, 1.165) is 35.2 Å². The van der Waals surface area contributed by atoms with Crippen LogP contribution in [0.5, 0.6) is 0 Å². The second-order valence-electron chi connectivity index (χ2n) is 8.93. The van der Waals surface area contributed by atoms with Crippen molar-refractivity contribution in [3.05, 3.63) is 95.4 Å². The Bertz CT molecular complexity index is 1240. The molecule has 1 heterocycles. The molecule has 6 nitrogen and oxygen atoms in total. The summed E-state index contributed by atoms with van der Waals surface area (Å²) in [5.74, 6) is 0.967. The van der Waals surface area contributed by atoms with Crippen LogP contribution in [0, 0.1) is 0 Å². The Morgan fingerprint density at radius 1 is 0.914 bits per heavy atom. The van der Waals surface area contributed by atoms with Gasteiger partial charge in [0.05, 0.1) is 0 Å². The Hall–Kier alpha value is -3.77. The lowest BCUT2D eigenvalue weighted by Crippen LogP contribution is -2.23. The quantitative estimate of drug-likeness (QED) is 0.343. The molecule has 4 rings (SSSR count). The minimum Gasteiger partial charge on any atom is -0.352 e. The van der Waals surface area contributed by atoms with E-state index in [0.29, 0.717) is 24.7 Å². The lowest BCUT2D eigenvalue weighted by molar-refractivity contribution is -0.121. The van der Waals surface area contributed by atoms with Crippen LogP contribution >= 0.6 is 0 Å². The Morgan fingerprint density at radius 3 is 2.31 bits per heavy atom. The Morgan fingerprint density at radius 2 is 1.60 bits per heavy atom. The van der Waals surface area contributed by atoms with Crippen LogP contribution in [0.4, 0.5) is 0 Å². The molecule has 3 aromatic carbocycles. The molecule has 35 heavy (non-hydrogen) atoms. The molecule has 0 radical (unpaired) electrons. The molecule has 0 aliphatic carbocycles. The van der Waals surface area contributed by atoms with Gasteiger partial charge in [-0.1, -0.05) is 84.9 Å². The molecule has 1 N–H and O–H groups in total. The third kappa shape index (κ3) is 6.64. The van der Waals surface area contributed by atoms with E-state index in [2.05, 4.69) is 89.9 Å². The number of nitrogens with one attached hydrogen (secondary N) is 1. The predicted molar refractivity (Wildman–Crippen MR) is 139 cm³/mol. The van der Waals surface area contributed by atoms with E-state index in [-0.39, 0.29) is 12.3 Å². The molecule has 0 unspecified atom stereocenters. The van der Waals surface area contributed by atoms with Crippen LogP contribution in [0.15, 0.2) is 77.3 Å². The smallest absolute Gasteiger partial charge is 0.227 e. The van der Waals surface area contributed by atoms with Crippen LogP contribution in [0.3, 0.4) is 0 Å². The SMILES string of the molecule is CCc1ccc(-c2noc(CCC(=O)NCc3ccccc3-c3ccc(CN(C)C)cc3)n2)cc1. The van der Waals surface area contributed by atoms with Crippen molar-refractivity contribution in [3.63, 3.8) is 0 Å². The Balaban J connectivity index is 1.32. The fourth-order valence-electron chi connectivity index (χ4n) is 3.98.